The van der Waals surface area contributed by atoms with Gasteiger partial charge in [0.15, 0.2) is 0 Å². The van der Waals surface area contributed by atoms with Crippen molar-refractivity contribution < 1.29 is 4.74 Å². The minimum Gasteiger partial charge on any atom is -0.478 e. The zero-order valence-electron chi connectivity index (χ0n) is 14.8. The van der Waals surface area contributed by atoms with Gasteiger partial charge in [-0.25, -0.2) is 4.98 Å². The highest BCUT2D eigenvalue weighted by molar-refractivity contribution is 5.16. The number of nitrogens with one attached hydrogen (secondary N) is 1. The molecule has 134 valence electrons. The summed E-state index contributed by atoms with van der Waals surface area (Å²) in [4.78, 5) is 7.06. The highest BCUT2D eigenvalue weighted by Gasteiger charge is 2.27. The van der Waals surface area contributed by atoms with Crippen LogP contribution in [0.15, 0.2) is 18.2 Å². The summed E-state index contributed by atoms with van der Waals surface area (Å²) in [7, 11) is 0. The molecule has 0 spiro atoms. The first kappa shape index (κ1) is 16.5. The van der Waals surface area contributed by atoms with Gasteiger partial charge in [-0.3, -0.25) is 4.90 Å². The second-order valence-electron chi connectivity index (χ2n) is 6.75. The third-order valence-corrected chi connectivity index (χ3v) is 5.06. The topological polar surface area (TPSA) is 68.1 Å². The smallest absolute Gasteiger partial charge is 0.213 e. The summed E-state index contributed by atoms with van der Waals surface area (Å²) >= 11 is 0. The molecule has 0 amide bonds. The van der Waals surface area contributed by atoms with Gasteiger partial charge in [0.2, 0.25) is 5.88 Å². The number of hydrogen-bond acceptors (Lipinski definition) is 6. The van der Waals surface area contributed by atoms with Crippen molar-refractivity contribution >= 4 is 0 Å². The van der Waals surface area contributed by atoms with Gasteiger partial charge >= 0.3 is 0 Å². The molecule has 25 heavy (non-hydrogen) atoms. The second kappa shape index (κ2) is 7.49. The van der Waals surface area contributed by atoms with Crippen LogP contribution in [0.2, 0.25) is 0 Å². The van der Waals surface area contributed by atoms with Gasteiger partial charge in [0.05, 0.1) is 18.8 Å². The number of aromatic nitrogens is 4. The average Bonchev–Trinajstić information content (AvgIpc) is 3.07. The zero-order chi connectivity index (χ0) is 17.1. The fraction of sp³-hybridized carbons (Fsp3) is 0.611. The third-order valence-electron chi connectivity index (χ3n) is 5.06. The fourth-order valence-electron chi connectivity index (χ4n) is 3.77. The largest absolute Gasteiger partial charge is 0.478 e. The maximum absolute atomic E-state index is 5.50. The van der Waals surface area contributed by atoms with E-state index in [4.69, 9.17) is 4.74 Å². The van der Waals surface area contributed by atoms with E-state index in [9.17, 15) is 0 Å². The zero-order valence-corrected chi connectivity index (χ0v) is 14.8. The lowest BCUT2D eigenvalue weighted by Gasteiger charge is -2.31. The van der Waals surface area contributed by atoms with Gasteiger partial charge in [-0.15, -0.1) is 10.2 Å². The van der Waals surface area contributed by atoms with Gasteiger partial charge in [-0.1, -0.05) is 6.07 Å². The Morgan fingerprint density at radius 2 is 2.08 bits per heavy atom. The van der Waals surface area contributed by atoms with Crippen molar-refractivity contribution in [2.75, 3.05) is 26.2 Å². The van der Waals surface area contributed by atoms with Crippen LogP contribution >= 0.6 is 0 Å². The summed E-state index contributed by atoms with van der Waals surface area (Å²) in [6.45, 7) is 8.52. The Morgan fingerprint density at radius 3 is 2.92 bits per heavy atom. The molecule has 0 saturated carbocycles. The lowest BCUT2D eigenvalue weighted by molar-refractivity contribution is 0.196. The van der Waals surface area contributed by atoms with Crippen LogP contribution in [0.4, 0.5) is 0 Å². The number of hydrogen-bond donors (Lipinski definition) is 1. The number of nitrogens with zero attached hydrogens (tertiary/aromatic N) is 5. The number of piperidine rings is 1. The molecule has 1 N–H and O–H groups in total. The van der Waals surface area contributed by atoms with Crippen molar-refractivity contribution in [2.45, 2.75) is 45.3 Å². The molecule has 7 heteroatoms. The van der Waals surface area contributed by atoms with Crippen LogP contribution in [0.5, 0.6) is 5.88 Å². The number of pyridine rings is 1. The molecule has 7 nitrogen and oxygen atoms in total. The van der Waals surface area contributed by atoms with Crippen LogP contribution in [0.1, 0.15) is 43.0 Å². The number of fused-ring (bicyclic) bond motifs is 1. The van der Waals surface area contributed by atoms with Crippen molar-refractivity contribution in [1.82, 2.24) is 30.0 Å². The SMILES string of the molecule is CCOc1cccc(CN2CCC(c3nnc4n3CCNC4)CC2)n1. The summed E-state index contributed by atoms with van der Waals surface area (Å²) in [6.07, 6.45) is 2.27. The number of ether oxygens (including phenoxy) is 1. The Kier molecular flexibility index (Phi) is 4.94. The summed E-state index contributed by atoms with van der Waals surface area (Å²) in [5.74, 6) is 3.52. The Balaban J connectivity index is 1.35. The van der Waals surface area contributed by atoms with Gasteiger partial charge in [0.25, 0.3) is 0 Å². The molecule has 0 atom stereocenters. The maximum atomic E-state index is 5.50. The predicted molar refractivity (Wildman–Crippen MR) is 94.4 cm³/mol. The van der Waals surface area contributed by atoms with Crippen LogP contribution in [-0.4, -0.2) is 50.9 Å². The number of rotatable bonds is 5. The molecule has 4 heterocycles. The monoisotopic (exact) mass is 342 g/mol. The van der Waals surface area contributed by atoms with Crippen LogP contribution in [0, 0.1) is 0 Å². The molecule has 2 aromatic heterocycles. The molecular formula is C18H26N6O. The molecular weight excluding hydrogens is 316 g/mol. The summed E-state index contributed by atoms with van der Waals surface area (Å²) < 4.78 is 7.83. The highest BCUT2D eigenvalue weighted by atomic mass is 16.5. The molecule has 2 aliphatic rings. The van der Waals surface area contributed by atoms with Gasteiger partial charge in [0, 0.05) is 31.6 Å². The Labute approximate surface area is 148 Å². The number of likely N-dealkylation sites (tertiary alicyclic amines) is 1. The van der Waals surface area contributed by atoms with E-state index in [0.29, 0.717) is 12.5 Å². The Hall–Kier alpha value is -1.99. The van der Waals surface area contributed by atoms with Crippen molar-refractivity contribution in [1.29, 1.82) is 0 Å². The highest BCUT2D eigenvalue weighted by Crippen LogP contribution is 2.28. The molecule has 2 aliphatic heterocycles. The minimum atomic E-state index is 0.526. The molecule has 2 aromatic rings. The molecule has 1 fully saturated rings. The average molecular weight is 342 g/mol. The molecule has 1 saturated heterocycles. The second-order valence-corrected chi connectivity index (χ2v) is 6.75. The molecule has 0 aromatic carbocycles. The van der Waals surface area contributed by atoms with Crippen LogP contribution in [-0.2, 0) is 19.6 Å². The van der Waals surface area contributed by atoms with Crippen molar-refractivity contribution in [3.05, 3.63) is 35.5 Å². The predicted octanol–water partition coefficient (Wildman–Crippen LogP) is 1.55. The van der Waals surface area contributed by atoms with Crippen LogP contribution in [0.25, 0.3) is 0 Å². The van der Waals surface area contributed by atoms with E-state index in [-0.39, 0.29) is 0 Å². The summed E-state index contributed by atoms with van der Waals surface area (Å²) in [5.41, 5.74) is 1.08. The van der Waals surface area contributed by atoms with Gasteiger partial charge < -0.3 is 14.6 Å². The van der Waals surface area contributed by atoms with Crippen LogP contribution in [0.3, 0.4) is 0 Å². The van der Waals surface area contributed by atoms with E-state index in [1.165, 1.54) is 5.82 Å². The van der Waals surface area contributed by atoms with Gasteiger partial charge in [-0.05, 0) is 38.9 Å². The summed E-state index contributed by atoms with van der Waals surface area (Å²) in [5, 5.41) is 12.2. The standard InChI is InChI=1S/C18H26N6O/c1-2-25-17-5-3-4-15(20-17)13-23-9-6-14(7-10-23)18-22-21-16-12-19-8-11-24(16)18/h3-5,14,19H,2,6-13H2,1H3. The molecule has 0 aliphatic carbocycles. The maximum Gasteiger partial charge on any atom is 0.213 e. The first-order chi connectivity index (χ1) is 12.3. The first-order valence-corrected chi connectivity index (χ1v) is 9.27. The van der Waals surface area contributed by atoms with Gasteiger partial charge in [-0.2, -0.15) is 0 Å². The summed E-state index contributed by atoms with van der Waals surface area (Å²) in [6, 6.07) is 6.02. The molecule has 0 unspecified atom stereocenters. The Morgan fingerprint density at radius 1 is 1.20 bits per heavy atom. The van der Waals surface area contributed by atoms with Crippen molar-refractivity contribution in [3.8, 4) is 5.88 Å². The molecule has 0 radical (unpaired) electrons. The third kappa shape index (κ3) is 3.67. The fourth-order valence-corrected chi connectivity index (χ4v) is 3.77. The van der Waals surface area contributed by atoms with E-state index in [2.05, 4.69) is 36.0 Å². The first-order valence-electron chi connectivity index (χ1n) is 9.27. The van der Waals surface area contributed by atoms with E-state index in [1.807, 2.05) is 19.1 Å². The molecule has 0 bridgehead atoms. The minimum absolute atomic E-state index is 0.526. The lowest BCUT2D eigenvalue weighted by atomic mass is 9.95. The van der Waals surface area contributed by atoms with Crippen LogP contribution < -0.4 is 10.1 Å². The van der Waals surface area contributed by atoms with E-state index >= 15 is 0 Å². The van der Waals surface area contributed by atoms with Gasteiger partial charge in [0.1, 0.15) is 11.6 Å². The normalized spacial score (nSPS) is 18.9. The van der Waals surface area contributed by atoms with Crippen molar-refractivity contribution in [3.63, 3.8) is 0 Å². The van der Waals surface area contributed by atoms with E-state index < -0.39 is 0 Å². The van der Waals surface area contributed by atoms with Crippen molar-refractivity contribution in [2.24, 2.45) is 0 Å². The lowest BCUT2D eigenvalue weighted by Crippen LogP contribution is -2.35. The van der Waals surface area contributed by atoms with E-state index in [0.717, 1.165) is 69.5 Å². The van der Waals surface area contributed by atoms with E-state index in [1.54, 1.807) is 0 Å². The quantitative estimate of drug-likeness (QED) is 0.889. The Bertz CT molecular complexity index is 707. The molecule has 4 rings (SSSR count).